The molecule has 5 heteroatoms. The van der Waals surface area contributed by atoms with E-state index in [-0.39, 0.29) is 6.04 Å². The van der Waals surface area contributed by atoms with Crippen LogP contribution >= 0.6 is 0 Å². The molecule has 1 fully saturated rings. The second-order valence-electron chi connectivity index (χ2n) is 9.24. The van der Waals surface area contributed by atoms with Crippen molar-refractivity contribution in [2.75, 3.05) is 6.54 Å². The van der Waals surface area contributed by atoms with Gasteiger partial charge in [-0.25, -0.2) is 0 Å². The molecule has 2 atom stereocenters. The summed E-state index contributed by atoms with van der Waals surface area (Å²) in [5, 5.41) is 4.92. The molecule has 176 valence electrons. The number of nitrogens with zero attached hydrogens (tertiary/aromatic N) is 1. The summed E-state index contributed by atoms with van der Waals surface area (Å²) >= 11 is 0. The lowest BCUT2D eigenvalue weighted by Gasteiger charge is -2.20. The first-order valence-electron chi connectivity index (χ1n) is 12.0. The first-order valence-corrected chi connectivity index (χ1v) is 12.0. The topological polar surface area (TPSA) is 17.0 Å². The van der Waals surface area contributed by atoms with Crippen molar-refractivity contribution >= 4 is 10.9 Å². The first-order chi connectivity index (χ1) is 16.4. The van der Waals surface area contributed by atoms with Gasteiger partial charge in [-0.15, -0.1) is 0 Å². The molecule has 0 aliphatic carbocycles. The van der Waals surface area contributed by atoms with Gasteiger partial charge < -0.3 is 9.88 Å². The Labute approximate surface area is 198 Å². The molecular formula is C29H29F3N2. The average molecular weight is 463 g/mol. The van der Waals surface area contributed by atoms with Crippen LogP contribution in [-0.2, 0) is 19.1 Å². The van der Waals surface area contributed by atoms with Crippen molar-refractivity contribution < 1.29 is 13.2 Å². The molecule has 1 aromatic heterocycles. The molecule has 0 bridgehead atoms. The molecular weight excluding hydrogens is 433 g/mol. The van der Waals surface area contributed by atoms with Crippen molar-refractivity contribution in [2.24, 2.45) is 0 Å². The standard InChI is InChI=1S/C29H29F3N2/c1-2-5-20-8-12-22(13-9-20)28-25(16-17-33-28)26-19-34(27-7-4-3-6-24(26)27)18-21-10-14-23(15-11-21)29(30,31)32/h3-4,6-15,19,25,28,33H,2,5,16-18H2,1H3. The van der Waals surface area contributed by atoms with Crippen LogP contribution in [0.2, 0.25) is 0 Å². The zero-order valence-electron chi connectivity index (χ0n) is 19.3. The van der Waals surface area contributed by atoms with Gasteiger partial charge in [0.25, 0.3) is 0 Å². The van der Waals surface area contributed by atoms with Crippen molar-refractivity contribution in [3.8, 4) is 0 Å². The van der Waals surface area contributed by atoms with Gasteiger partial charge in [0.2, 0.25) is 0 Å². The molecule has 1 N–H and O–H groups in total. The highest BCUT2D eigenvalue weighted by atomic mass is 19.4. The lowest BCUT2D eigenvalue weighted by molar-refractivity contribution is -0.137. The predicted molar refractivity (Wildman–Crippen MR) is 131 cm³/mol. The minimum Gasteiger partial charge on any atom is -0.343 e. The summed E-state index contributed by atoms with van der Waals surface area (Å²) in [5.41, 5.74) is 5.33. The number of hydrogen-bond acceptors (Lipinski definition) is 1. The normalized spacial score (nSPS) is 18.6. The van der Waals surface area contributed by atoms with E-state index in [0.29, 0.717) is 12.5 Å². The van der Waals surface area contributed by atoms with Crippen LogP contribution in [0.1, 0.15) is 59.5 Å². The second kappa shape index (κ2) is 9.30. The highest BCUT2D eigenvalue weighted by molar-refractivity contribution is 5.85. The van der Waals surface area contributed by atoms with Crippen LogP contribution in [0.3, 0.4) is 0 Å². The number of benzene rings is 3. The number of aryl methyl sites for hydroxylation is 1. The molecule has 1 aliphatic heterocycles. The molecule has 2 heterocycles. The minimum atomic E-state index is -4.31. The Morgan fingerprint density at radius 1 is 0.912 bits per heavy atom. The van der Waals surface area contributed by atoms with E-state index in [2.05, 4.69) is 65.5 Å². The van der Waals surface area contributed by atoms with Crippen molar-refractivity contribution in [3.63, 3.8) is 0 Å². The molecule has 3 aromatic carbocycles. The SMILES string of the molecule is CCCc1ccc(C2NCCC2c2cn(Cc3ccc(C(F)(F)F)cc3)c3ccccc23)cc1. The third kappa shape index (κ3) is 4.49. The number of para-hydroxylation sites is 1. The van der Waals surface area contributed by atoms with Gasteiger partial charge in [-0.1, -0.05) is 67.9 Å². The van der Waals surface area contributed by atoms with E-state index in [1.54, 1.807) is 12.1 Å². The second-order valence-corrected chi connectivity index (χ2v) is 9.24. The van der Waals surface area contributed by atoms with Crippen molar-refractivity contribution in [1.29, 1.82) is 0 Å². The number of halogens is 3. The van der Waals surface area contributed by atoms with Gasteiger partial charge in [-0.3, -0.25) is 0 Å². The fourth-order valence-corrected chi connectivity index (χ4v) is 5.27. The van der Waals surface area contributed by atoms with Gasteiger partial charge in [0.1, 0.15) is 0 Å². The summed E-state index contributed by atoms with van der Waals surface area (Å²) in [7, 11) is 0. The van der Waals surface area contributed by atoms with E-state index < -0.39 is 11.7 Å². The Balaban J connectivity index is 1.46. The molecule has 0 spiro atoms. The van der Waals surface area contributed by atoms with Gasteiger partial charge in [0.15, 0.2) is 0 Å². The van der Waals surface area contributed by atoms with Crippen LogP contribution in [0.4, 0.5) is 13.2 Å². The Bertz CT molecular complexity index is 1250. The molecule has 1 aliphatic rings. The van der Waals surface area contributed by atoms with Crippen molar-refractivity contribution in [1.82, 2.24) is 9.88 Å². The number of hydrogen-bond donors (Lipinski definition) is 1. The quantitative estimate of drug-likeness (QED) is 0.314. The largest absolute Gasteiger partial charge is 0.416 e. The lowest BCUT2D eigenvalue weighted by atomic mass is 9.87. The maximum absolute atomic E-state index is 13.0. The van der Waals surface area contributed by atoms with Gasteiger partial charge in [-0.2, -0.15) is 13.2 Å². The molecule has 2 nitrogen and oxygen atoms in total. The van der Waals surface area contributed by atoms with E-state index in [4.69, 9.17) is 0 Å². The predicted octanol–water partition coefficient (Wildman–Crippen LogP) is 7.48. The zero-order chi connectivity index (χ0) is 23.7. The van der Waals surface area contributed by atoms with Crippen LogP contribution in [0.15, 0.2) is 79.0 Å². The van der Waals surface area contributed by atoms with Crippen LogP contribution in [0.5, 0.6) is 0 Å². The molecule has 0 saturated carbocycles. The summed E-state index contributed by atoms with van der Waals surface area (Å²) in [5.74, 6) is 0.343. The number of nitrogens with one attached hydrogen (secondary N) is 1. The number of alkyl halides is 3. The highest BCUT2D eigenvalue weighted by Crippen LogP contribution is 2.41. The Kier molecular flexibility index (Phi) is 6.22. The summed E-state index contributed by atoms with van der Waals surface area (Å²) in [6, 6.07) is 23.1. The lowest BCUT2D eigenvalue weighted by Crippen LogP contribution is -2.17. The Morgan fingerprint density at radius 2 is 1.62 bits per heavy atom. The molecule has 1 saturated heterocycles. The number of fused-ring (bicyclic) bond motifs is 1. The first kappa shape index (κ1) is 22.7. The Morgan fingerprint density at radius 3 is 2.32 bits per heavy atom. The van der Waals surface area contributed by atoms with Crippen LogP contribution in [-0.4, -0.2) is 11.1 Å². The van der Waals surface area contributed by atoms with Crippen molar-refractivity contribution in [3.05, 3.63) is 107 Å². The maximum Gasteiger partial charge on any atom is 0.416 e. The fourth-order valence-electron chi connectivity index (χ4n) is 5.27. The van der Waals surface area contributed by atoms with Crippen molar-refractivity contribution in [2.45, 2.75) is 50.9 Å². The van der Waals surface area contributed by atoms with Gasteiger partial charge in [0.05, 0.1) is 5.56 Å². The molecule has 5 rings (SSSR count). The van der Waals surface area contributed by atoms with E-state index in [1.165, 1.54) is 34.2 Å². The number of rotatable bonds is 6. The van der Waals surface area contributed by atoms with Gasteiger partial charge in [0, 0.05) is 35.6 Å². The third-order valence-corrected chi connectivity index (χ3v) is 6.95. The molecule has 4 aromatic rings. The van der Waals surface area contributed by atoms with Crippen LogP contribution in [0, 0.1) is 0 Å². The summed E-state index contributed by atoms with van der Waals surface area (Å²) < 4.78 is 41.0. The molecule has 2 unspecified atom stereocenters. The van der Waals surface area contributed by atoms with E-state index in [1.807, 2.05) is 6.07 Å². The molecule has 0 amide bonds. The third-order valence-electron chi connectivity index (χ3n) is 6.95. The van der Waals surface area contributed by atoms with Crippen LogP contribution < -0.4 is 5.32 Å². The minimum absolute atomic E-state index is 0.251. The smallest absolute Gasteiger partial charge is 0.343 e. The summed E-state index contributed by atoms with van der Waals surface area (Å²) in [6.07, 6.45) is 1.18. The maximum atomic E-state index is 13.0. The molecule has 34 heavy (non-hydrogen) atoms. The fraction of sp³-hybridized carbons (Fsp3) is 0.310. The Hall–Kier alpha value is -3.05. The monoisotopic (exact) mass is 462 g/mol. The summed E-state index contributed by atoms with van der Waals surface area (Å²) in [4.78, 5) is 0. The van der Waals surface area contributed by atoms with Crippen LogP contribution in [0.25, 0.3) is 10.9 Å². The average Bonchev–Trinajstić information content (AvgIpc) is 3.45. The van der Waals surface area contributed by atoms with E-state index in [9.17, 15) is 13.2 Å². The van der Waals surface area contributed by atoms with E-state index >= 15 is 0 Å². The van der Waals surface area contributed by atoms with E-state index in [0.717, 1.165) is 36.9 Å². The molecule has 0 radical (unpaired) electrons. The number of aromatic nitrogens is 1. The highest BCUT2D eigenvalue weighted by Gasteiger charge is 2.32. The van der Waals surface area contributed by atoms with Gasteiger partial charge >= 0.3 is 6.18 Å². The summed E-state index contributed by atoms with van der Waals surface area (Å²) in [6.45, 7) is 3.70. The van der Waals surface area contributed by atoms with Gasteiger partial charge in [-0.05, 0) is 59.8 Å². The zero-order valence-corrected chi connectivity index (χ0v) is 19.3.